The summed E-state index contributed by atoms with van der Waals surface area (Å²) in [6, 6.07) is 20.5. The summed E-state index contributed by atoms with van der Waals surface area (Å²) in [6.45, 7) is 2.41. The maximum atomic E-state index is 11.6. The monoisotopic (exact) mass is 507 g/mol. The van der Waals surface area contributed by atoms with E-state index in [9.17, 15) is 10.1 Å². The molecule has 0 aliphatic rings. The van der Waals surface area contributed by atoms with Crippen LogP contribution in [0.2, 0.25) is 5.02 Å². The zero-order chi connectivity index (χ0) is 25.5. The van der Waals surface area contributed by atoms with E-state index in [1.54, 1.807) is 6.07 Å². The third kappa shape index (κ3) is 5.84. The highest BCUT2D eigenvalue weighted by atomic mass is 35.5. The molecule has 9 heteroatoms. The van der Waals surface area contributed by atoms with Gasteiger partial charge < -0.3 is 29.7 Å². The summed E-state index contributed by atoms with van der Waals surface area (Å²) in [6.07, 6.45) is 1.26. The first-order chi connectivity index (χ1) is 17.5. The van der Waals surface area contributed by atoms with Gasteiger partial charge in [-0.3, -0.25) is 0 Å². The number of ether oxygens (including phenoxy) is 2. The standard InChI is InChI=1S/C27H26ClN3O5/c1-2-14-35-21-10-7-18(8-11-21)24-17-19(26(30-24)22-5-3-4-6-23(22)28)16-20-9-12-25(36-15-13-32)27(29-20)31(33)34/h3-12,17,30,32H,2,13-16H2,1H3. The van der Waals surface area contributed by atoms with E-state index in [1.165, 1.54) is 6.07 Å². The molecule has 0 fully saturated rings. The Hall–Kier alpha value is -3.88. The molecule has 2 heterocycles. The predicted octanol–water partition coefficient (Wildman–Crippen LogP) is 6.06. The normalized spacial score (nSPS) is 10.9. The summed E-state index contributed by atoms with van der Waals surface area (Å²) in [5.74, 6) is 0.432. The number of nitro groups is 1. The van der Waals surface area contributed by atoms with Gasteiger partial charge in [0.1, 0.15) is 12.4 Å². The SMILES string of the molecule is CCCOc1ccc(-c2cc(Cc3ccc(OCCO)c([N+](=O)[O-])n3)c(-c3ccccc3Cl)[nH]2)cc1. The van der Waals surface area contributed by atoms with Crippen LogP contribution in [0.25, 0.3) is 22.5 Å². The number of nitrogens with one attached hydrogen (secondary N) is 1. The van der Waals surface area contributed by atoms with Crippen LogP contribution in [0.4, 0.5) is 5.82 Å². The first-order valence-electron chi connectivity index (χ1n) is 11.6. The molecule has 0 saturated heterocycles. The molecule has 0 atom stereocenters. The Balaban J connectivity index is 1.71. The topological polar surface area (TPSA) is 111 Å². The molecule has 4 aromatic rings. The molecule has 0 radical (unpaired) electrons. The molecule has 0 aliphatic carbocycles. The number of hydrogen-bond donors (Lipinski definition) is 2. The van der Waals surface area contributed by atoms with Crippen LogP contribution < -0.4 is 9.47 Å². The molecule has 0 bridgehead atoms. The smallest absolute Gasteiger partial charge is 0.406 e. The predicted molar refractivity (Wildman–Crippen MR) is 139 cm³/mol. The van der Waals surface area contributed by atoms with E-state index < -0.39 is 10.7 Å². The van der Waals surface area contributed by atoms with E-state index in [2.05, 4.69) is 16.9 Å². The summed E-state index contributed by atoms with van der Waals surface area (Å²) < 4.78 is 11.0. The van der Waals surface area contributed by atoms with Gasteiger partial charge >= 0.3 is 5.82 Å². The lowest BCUT2D eigenvalue weighted by atomic mass is 10.0. The highest BCUT2D eigenvalue weighted by Gasteiger charge is 2.21. The molecular weight excluding hydrogens is 482 g/mol. The van der Waals surface area contributed by atoms with E-state index in [4.69, 9.17) is 26.2 Å². The van der Waals surface area contributed by atoms with Crippen molar-refractivity contribution >= 4 is 17.4 Å². The lowest BCUT2D eigenvalue weighted by Gasteiger charge is -2.07. The fraction of sp³-hybridized carbons (Fsp3) is 0.222. The van der Waals surface area contributed by atoms with Gasteiger partial charge in [-0.05, 0) is 76.0 Å². The number of nitrogens with zero attached hydrogens (tertiary/aromatic N) is 2. The first kappa shape index (κ1) is 25.2. The van der Waals surface area contributed by atoms with Gasteiger partial charge in [0.2, 0.25) is 5.75 Å². The van der Waals surface area contributed by atoms with Gasteiger partial charge in [-0.2, -0.15) is 0 Å². The number of aromatic amines is 1. The van der Waals surface area contributed by atoms with Gasteiger partial charge in [0, 0.05) is 22.7 Å². The number of hydrogen-bond acceptors (Lipinski definition) is 6. The van der Waals surface area contributed by atoms with Crippen LogP contribution >= 0.6 is 11.6 Å². The Kier molecular flexibility index (Phi) is 8.20. The van der Waals surface area contributed by atoms with Crippen molar-refractivity contribution in [1.82, 2.24) is 9.97 Å². The number of H-pyrrole nitrogens is 1. The number of halogens is 1. The van der Waals surface area contributed by atoms with Crippen molar-refractivity contribution in [2.45, 2.75) is 19.8 Å². The fourth-order valence-electron chi connectivity index (χ4n) is 3.81. The number of aromatic nitrogens is 2. The molecule has 0 aliphatic heterocycles. The Morgan fingerprint density at radius 2 is 1.83 bits per heavy atom. The van der Waals surface area contributed by atoms with Crippen molar-refractivity contribution in [3.05, 3.63) is 93.1 Å². The molecule has 0 saturated carbocycles. The summed E-state index contributed by atoms with van der Waals surface area (Å²) >= 11 is 6.52. The molecule has 2 aromatic heterocycles. The fourth-order valence-corrected chi connectivity index (χ4v) is 4.04. The highest BCUT2D eigenvalue weighted by Crippen LogP contribution is 2.35. The summed E-state index contributed by atoms with van der Waals surface area (Å²) in [5.41, 5.74) is 4.85. The second-order valence-electron chi connectivity index (χ2n) is 8.07. The third-order valence-electron chi connectivity index (χ3n) is 5.47. The summed E-state index contributed by atoms with van der Waals surface area (Å²) in [4.78, 5) is 18.7. The average molecular weight is 508 g/mol. The minimum Gasteiger partial charge on any atom is -0.494 e. The van der Waals surface area contributed by atoms with Gasteiger partial charge in [-0.1, -0.05) is 36.7 Å². The van der Waals surface area contributed by atoms with Crippen molar-refractivity contribution in [2.24, 2.45) is 0 Å². The molecule has 36 heavy (non-hydrogen) atoms. The van der Waals surface area contributed by atoms with E-state index in [0.29, 0.717) is 23.7 Å². The molecule has 2 N–H and O–H groups in total. The van der Waals surface area contributed by atoms with E-state index in [0.717, 1.165) is 40.2 Å². The van der Waals surface area contributed by atoms with Gasteiger partial charge in [0.25, 0.3) is 0 Å². The van der Waals surface area contributed by atoms with Gasteiger partial charge in [-0.25, -0.2) is 0 Å². The van der Waals surface area contributed by atoms with Crippen LogP contribution in [-0.2, 0) is 6.42 Å². The molecule has 0 unspecified atom stereocenters. The quantitative estimate of drug-likeness (QED) is 0.189. The Labute approximate surface area is 213 Å². The number of rotatable bonds is 11. The highest BCUT2D eigenvalue weighted by molar-refractivity contribution is 6.33. The number of benzene rings is 2. The van der Waals surface area contributed by atoms with E-state index in [-0.39, 0.29) is 19.0 Å². The van der Waals surface area contributed by atoms with E-state index >= 15 is 0 Å². The molecule has 8 nitrogen and oxygen atoms in total. The van der Waals surface area contributed by atoms with Gasteiger partial charge in [0.15, 0.2) is 5.69 Å². The Bertz CT molecular complexity index is 1340. The van der Waals surface area contributed by atoms with Gasteiger partial charge in [0.05, 0.1) is 18.9 Å². The van der Waals surface area contributed by atoms with Crippen LogP contribution in [0, 0.1) is 10.1 Å². The largest absolute Gasteiger partial charge is 0.494 e. The zero-order valence-electron chi connectivity index (χ0n) is 19.7. The van der Waals surface area contributed by atoms with Crippen molar-refractivity contribution in [3.8, 4) is 34.0 Å². The third-order valence-corrected chi connectivity index (χ3v) is 5.80. The number of pyridine rings is 1. The Morgan fingerprint density at radius 3 is 2.53 bits per heavy atom. The van der Waals surface area contributed by atoms with E-state index in [1.807, 2.05) is 54.6 Å². The molecule has 2 aromatic carbocycles. The minimum atomic E-state index is -0.587. The first-order valence-corrected chi connectivity index (χ1v) is 12.0. The zero-order valence-corrected chi connectivity index (χ0v) is 20.5. The maximum absolute atomic E-state index is 11.6. The minimum absolute atomic E-state index is 0.0178. The van der Waals surface area contributed by atoms with Crippen molar-refractivity contribution in [2.75, 3.05) is 19.8 Å². The Morgan fingerprint density at radius 1 is 1.06 bits per heavy atom. The summed E-state index contributed by atoms with van der Waals surface area (Å²) in [7, 11) is 0. The van der Waals surface area contributed by atoms with Crippen LogP contribution in [0.1, 0.15) is 24.6 Å². The van der Waals surface area contributed by atoms with Crippen LogP contribution in [0.15, 0.2) is 66.7 Å². The molecular formula is C27H26ClN3O5. The van der Waals surface area contributed by atoms with Crippen LogP contribution in [0.3, 0.4) is 0 Å². The van der Waals surface area contributed by atoms with Crippen LogP contribution in [-0.4, -0.2) is 39.8 Å². The lowest BCUT2D eigenvalue weighted by molar-refractivity contribution is -0.390. The molecule has 186 valence electrons. The summed E-state index contributed by atoms with van der Waals surface area (Å²) in [5, 5.41) is 21.1. The van der Waals surface area contributed by atoms with Gasteiger partial charge in [-0.15, -0.1) is 0 Å². The lowest BCUT2D eigenvalue weighted by Crippen LogP contribution is -2.06. The average Bonchev–Trinajstić information content (AvgIpc) is 3.30. The number of aliphatic hydroxyl groups excluding tert-OH is 1. The van der Waals surface area contributed by atoms with Crippen molar-refractivity contribution in [3.63, 3.8) is 0 Å². The number of aliphatic hydroxyl groups is 1. The van der Waals surface area contributed by atoms with Crippen LogP contribution in [0.5, 0.6) is 11.5 Å². The van der Waals surface area contributed by atoms with Crippen molar-refractivity contribution < 1.29 is 19.5 Å². The molecule has 0 amide bonds. The molecule has 4 rings (SSSR count). The second kappa shape index (κ2) is 11.7. The van der Waals surface area contributed by atoms with Crippen molar-refractivity contribution in [1.29, 1.82) is 0 Å². The second-order valence-corrected chi connectivity index (χ2v) is 8.47. The maximum Gasteiger partial charge on any atom is 0.406 e. The molecule has 0 spiro atoms.